The highest BCUT2D eigenvalue weighted by Crippen LogP contribution is 2.37. The number of ether oxygens (including phenoxy) is 1. The first kappa shape index (κ1) is 20.1. The van der Waals surface area contributed by atoms with Crippen LogP contribution in [0.25, 0.3) is 10.4 Å². The fourth-order valence-electron chi connectivity index (χ4n) is 4.50. The summed E-state index contributed by atoms with van der Waals surface area (Å²) in [4.78, 5) is 28.6. The molecule has 0 aliphatic carbocycles. The SMILES string of the molecule is CNC(=O)C1(Cc2ccc(-c3cccs3)cc2)CCN(C(=O)[C@H]2CCCO2)CC1. The van der Waals surface area contributed by atoms with E-state index in [9.17, 15) is 9.59 Å². The summed E-state index contributed by atoms with van der Waals surface area (Å²) in [5, 5.41) is 4.94. The average molecular weight is 413 g/mol. The molecule has 2 saturated heterocycles. The first-order chi connectivity index (χ1) is 14.1. The van der Waals surface area contributed by atoms with Gasteiger partial charge in [0, 0.05) is 31.6 Å². The van der Waals surface area contributed by atoms with E-state index in [0.717, 1.165) is 18.4 Å². The van der Waals surface area contributed by atoms with E-state index in [4.69, 9.17) is 4.74 Å². The zero-order chi connectivity index (χ0) is 20.3. The minimum Gasteiger partial charge on any atom is -0.368 e. The Hall–Kier alpha value is -2.18. The predicted molar refractivity (Wildman–Crippen MR) is 115 cm³/mol. The van der Waals surface area contributed by atoms with Gasteiger partial charge in [0.1, 0.15) is 6.10 Å². The summed E-state index contributed by atoms with van der Waals surface area (Å²) < 4.78 is 5.56. The van der Waals surface area contributed by atoms with Crippen LogP contribution in [0.1, 0.15) is 31.2 Å². The Morgan fingerprint density at radius 3 is 2.55 bits per heavy atom. The Kier molecular flexibility index (Phi) is 6.01. The molecule has 0 unspecified atom stereocenters. The lowest BCUT2D eigenvalue weighted by Crippen LogP contribution is -2.52. The highest BCUT2D eigenvalue weighted by atomic mass is 32.1. The van der Waals surface area contributed by atoms with Gasteiger partial charge in [-0.15, -0.1) is 11.3 Å². The number of piperidine rings is 1. The highest BCUT2D eigenvalue weighted by Gasteiger charge is 2.43. The van der Waals surface area contributed by atoms with Crippen molar-refractivity contribution in [2.75, 3.05) is 26.7 Å². The second-order valence-electron chi connectivity index (χ2n) is 8.04. The van der Waals surface area contributed by atoms with Crippen molar-refractivity contribution < 1.29 is 14.3 Å². The number of amides is 2. The molecule has 2 fully saturated rings. The Bertz CT molecular complexity index is 834. The molecule has 4 rings (SSSR count). The van der Waals surface area contributed by atoms with Crippen LogP contribution < -0.4 is 5.32 Å². The maximum atomic E-state index is 12.8. The molecule has 0 bridgehead atoms. The van der Waals surface area contributed by atoms with Gasteiger partial charge in [0.15, 0.2) is 0 Å². The standard InChI is InChI=1S/C23H28N2O3S/c1-24-22(27)23(10-12-25(13-11-23)21(26)19-4-2-14-28-19)16-17-6-8-18(9-7-17)20-5-3-15-29-20/h3,5-9,15,19H,2,4,10-14,16H2,1H3,(H,24,27)/t19-/m1/s1. The zero-order valence-electron chi connectivity index (χ0n) is 16.9. The van der Waals surface area contributed by atoms with Crippen LogP contribution >= 0.6 is 11.3 Å². The smallest absolute Gasteiger partial charge is 0.251 e. The molecule has 29 heavy (non-hydrogen) atoms. The molecule has 1 N–H and O–H groups in total. The second-order valence-corrected chi connectivity index (χ2v) is 8.99. The summed E-state index contributed by atoms with van der Waals surface area (Å²) in [6.07, 6.45) is 3.53. The number of rotatable bonds is 5. The minimum absolute atomic E-state index is 0.0732. The summed E-state index contributed by atoms with van der Waals surface area (Å²) in [6.45, 7) is 1.90. The fourth-order valence-corrected chi connectivity index (χ4v) is 5.23. The number of thiophene rings is 1. The Morgan fingerprint density at radius 2 is 1.97 bits per heavy atom. The van der Waals surface area contributed by atoms with Crippen LogP contribution in [-0.4, -0.2) is 49.6 Å². The van der Waals surface area contributed by atoms with Crippen molar-refractivity contribution in [2.45, 2.75) is 38.2 Å². The van der Waals surface area contributed by atoms with Crippen molar-refractivity contribution in [1.29, 1.82) is 0 Å². The Labute approximate surface area is 176 Å². The van der Waals surface area contributed by atoms with Gasteiger partial charge in [-0.3, -0.25) is 9.59 Å². The topological polar surface area (TPSA) is 58.6 Å². The van der Waals surface area contributed by atoms with Crippen molar-refractivity contribution in [2.24, 2.45) is 5.41 Å². The van der Waals surface area contributed by atoms with Crippen molar-refractivity contribution >= 4 is 23.2 Å². The van der Waals surface area contributed by atoms with E-state index in [1.165, 1.54) is 10.4 Å². The molecule has 0 radical (unpaired) electrons. The second kappa shape index (κ2) is 8.67. The third-order valence-electron chi connectivity index (χ3n) is 6.25. The van der Waals surface area contributed by atoms with E-state index >= 15 is 0 Å². The van der Waals surface area contributed by atoms with Crippen molar-refractivity contribution in [1.82, 2.24) is 10.2 Å². The molecule has 154 valence electrons. The summed E-state index contributed by atoms with van der Waals surface area (Å²) in [5.41, 5.74) is 1.90. The molecule has 2 amide bonds. The van der Waals surface area contributed by atoms with Gasteiger partial charge in [-0.25, -0.2) is 0 Å². The number of likely N-dealkylation sites (tertiary alicyclic amines) is 1. The molecule has 6 heteroatoms. The molecule has 3 heterocycles. The van der Waals surface area contributed by atoms with E-state index in [-0.39, 0.29) is 17.9 Å². The largest absolute Gasteiger partial charge is 0.368 e. The quantitative estimate of drug-likeness (QED) is 0.818. The lowest BCUT2D eigenvalue weighted by Gasteiger charge is -2.41. The lowest BCUT2D eigenvalue weighted by atomic mass is 9.72. The summed E-state index contributed by atoms with van der Waals surface area (Å²) in [6, 6.07) is 12.7. The van der Waals surface area contributed by atoms with Gasteiger partial charge in [-0.2, -0.15) is 0 Å². The first-order valence-corrected chi connectivity index (χ1v) is 11.2. The third kappa shape index (κ3) is 4.23. The average Bonchev–Trinajstić information content (AvgIpc) is 3.48. The van der Waals surface area contributed by atoms with Crippen molar-refractivity contribution in [3.63, 3.8) is 0 Å². The van der Waals surface area contributed by atoms with Crippen LogP contribution in [0.4, 0.5) is 0 Å². The van der Waals surface area contributed by atoms with Crippen LogP contribution in [-0.2, 0) is 20.7 Å². The maximum Gasteiger partial charge on any atom is 0.251 e. The molecular weight excluding hydrogens is 384 g/mol. The number of carbonyl (C=O) groups is 2. The molecule has 2 aliphatic rings. The Balaban J connectivity index is 1.45. The molecule has 1 atom stereocenters. The number of nitrogens with one attached hydrogen (secondary N) is 1. The number of hydrogen-bond donors (Lipinski definition) is 1. The first-order valence-electron chi connectivity index (χ1n) is 10.4. The van der Waals surface area contributed by atoms with Gasteiger partial charge < -0.3 is 15.0 Å². The van der Waals surface area contributed by atoms with E-state index in [1.807, 2.05) is 4.90 Å². The fraction of sp³-hybridized carbons (Fsp3) is 0.478. The van der Waals surface area contributed by atoms with Crippen molar-refractivity contribution in [3.8, 4) is 10.4 Å². The van der Waals surface area contributed by atoms with Gasteiger partial charge in [0.2, 0.25) is 5.91 Å². The minimum atomic E-state index is -0.466. The highest BCUT2D eigenvalue weighted by molar-refractivity contribution is 7.13. The third-order valence-corrected chi connectivity index (χ3v) is 7.17. The summed E-state index contributed by atoms with van der Waals surface area (Å²) in [7, 11) is 1.70. The number of hydrogen-bond acceptors (Lipinski definition) is 4. The van der Waals surface area contributed by atoms with Crippen LogP contribution in [0, 0.1) is 5.41 Å². The van der Waals surface area contributed by atoms with Gasteiger partial charge in [-0.1, -0.05) is 30.3 Å². The molecule has 1 aromatic heterocycles. The summed E-state index contributed by atoms with van der Waals surface area (Å²) >= 11 is 1.73. The van der Waals surface area contributed by atoms with Gasteiger partial charge >= 0.3 is 0 Å². The molecule has 1 aromatic carbocycles. The van der Waals surface area contributed by atoms with E-state index in [0.29, 0.717) is 39.0 Å². The lowest BCUT2D eigenvalue weighted by molar-refractivity contribution is -0.146. The van der Waals surface area contributed by atoms with E-state index in [2.05, 4.69) is 47.1 Å². The molecule has 0 saturated carbocycles. The van der Waals surface area contributed by atoms with Gasteiger partial charge in [0.25, 0.3) is 5.91 Å². The van der Waals surface area contributed by atoms with Crippen molar-refractivity contribution in [3.05, 3.63) is 47.3 Å². The molecule has 2 aliphatic heterocycles. The van der Waals surface area contributed by atoms with Crippen LogP contribution in [0.15, 0.2) is 41.8 Å². The van der Waals surface area contributed by atoms with Gasteiger partial charge in [0.05, 0.1) is 5.41 Å². The van der Waals surface area contributed by atoms with E-state index in [1.54, 1.807) is 18.4 Å². The monoisotopic (exact) mass is 412 g/mol. The van der Waals surface area contributed by atoms with Crippen LogP contribution in [0.5, 0.6) is 0 Å². The van der Waals surface area contributed by atoms with Crippen LogP contribution in [0.2, 0.25) is 0 Å². The number of nitrogens with zero attached hydrogens (tertiary/aromatic N) is 1. The molecular formula is C23H28N2O3S. The molecule has 5 nitrogen and oxygen atoms in total. The molecule has 2 aromatic rings. The number of carbonyl (C=O) groups excluding carboxylic acids is 2. The Morgan fingerprint density at radius 1 is 1.21 bits per heavy atom. The van der Waals surface area contributed by atoms with Gasteiger partial charge in [-0.05, 0) is 54.7 Å². The predicted octanol–water partition coefficient (Wildman–Crippen LogP) is 3.49. The normalized spacial score (nSPS) is 21.1. The van der Waals surface area contributed by atoms with Crippen LogP contribution in [0.3, 0.4) is 0 Å². The molecule has 0 spiro atoms. The van der Waals surface area contributed by atoms with E-state index < -0.39 is 5.41 Å². The zero-order valence-corrected chi connectivity index (χ0v) is 17.7. The maximum absolute atomic E-state index is 12.8. The summed E-state index contributed by atoms with van der Waals surface area (Å²) in [5.74, 6) is 0.164. The number of benzene rings is 1.